The van der Waals surface area contributed by atoms with E-state index >= 15 is 0 Å². The zero-order valence-electron chi connectivity index (χ0n) is 8.90. The molecule has 0 radical (unpaired) electrons. The van der Waals surface area contributed by atoms with Crippen LogP contribution in [0.15, 0.2) is 17.1 Å². The van der Waals surface area contributed by atoms with E-state index in [1.54, 1.807) is 13.2 Å². The summed E-state index contributed by atoms with van der Waals surface area (Å²) in [5.74, 6) is 0.355. The lowest BCUT2D eigenvalue weighted by molar-refractivity contribution is 0.932. The van der Waals surface area contributed by atoms with Crippen LogP contribution in [0.1, 0.15) is 11.1 Å². The van der Waals surface area contributed by atoms with Gasteiger partial charge in [0.05, 0.1) is 0 Å². The average molecular weight is 204 g/mol. The van der Waals surface area contributed by atoms with Crippen LogP contribution in [0.2, 0.25) is 0 Å². The van der Waals surface area contributed by atoms with Crippen LogP contribution in [-0.4, -0.2) is 21.4 Å². The Balaban J connectivity index is 2.93. The maximum absolute atomic E-state index is 11.6. The highest BCUT2D eigenvalue weighted by Gasteiger charge is 2.06. The molecule has 0 aromatic carbocycles. The number of fused-ring (bicyclic) bond motifs is 1. The molecule has 2 aromatic heterocycles. The monoisotopic (exact) mass is 204 g/mol. The van der Waals surface area contributed by atoms with Crippen LogP contribution in [0, 0.1) is 13.8 Å². The third-order valence-corrected chi connectivity index (χ3v) is 2.47. The average Bonchev–Trinajstić information content (AvgIpc) is 2.23. The van der Waals surface area contributed by atoms with E-state index in [-0.39, 0.29) is 5.69 Å². The highest BCUT2D eigenvalue weighted by Crippen LogP contribution is 2.11. The summed E-state index contributed by atoms with van der Waals surface area (Å²) in [6.07, 6.45) is 1.69. The third kappa shape index (κ3) is 1.45. The van der Waals surface area contributed by atoms with E-state index in [4.69, 9.17) is 0 Å². The van der Waals surface area contributed by atoms with Gasteiger partial charge in [-0.05, 0) is 31.0 Å². The second-order valence-corrected chi connectivity index (χ2v) is 3.40. The van der Waals surface area contributed by atoms with Gasteiger partial charge in [0.2, 0.25) is 5.95 Å². The van der Waals surface area contributed by atoms with Crippen LogP contribution in [0.25, 0.3) is 5.65 Å². The summed E-state index contributed by atoms with van der Waals surface area (Å²) in [7, 11) is 1.69. The predicted octanol–water partition coefficient (Wildman–Crippen LogP) is 0.748. The van der Waals surface area contributed by atoms with Crippen LogP contribution in [0.3, 0.4) is 0 Å². The Morgan fingerprint density at radius 3 is 2.73 bits per heavy atom. The van der Waals surface area contributed by atoms with Gasteiger partial charge in [0, 0.05) is 13.2 Å². The van der Waals surface area contributed by atoms with Crippen LogP contribution in [-0.2, 0) is 0 Å². The van der Waals surface area contributed by atoms with E-state index in [0.29, 0.717) is 11.6 Å². The Morgan fingerprint density at radius 2 is 2.07 bits per heavy atom. The Hall–Kier alpha value is -1.91. The normalized spacial score (nSPS) is 10.6. The van der Waals surface area contributed by atoms with E-state index in [1.165, 1.54) is 4.40 Å². The number of rotatable bonds is 1. The van der Waals surface area contributed by atoms with Gasteiger partial charge in [-0.15, -0.1) is 0 Å². The SMILES string of the molecule is CNc1nc(=O)n2ccc(C)c(C)c2n1. The molecule has 2 rings (SSSR count). The Bertz CT molecular complexity index is 573. The molecule has 0 spiro atoms. The minimum absolute atomic E-state index is 0.313. The molecule has 78 valence electrons. The van der Waals surface area contributed by atoms with Crippen molar-refractivity contribution < 1.29 is 0 Å². The fourth-order valence-electron chi connectivity index (χ4n) is 1.41. The molecule has 15 heavy (non-hydrogen) atoms. The van der Waals surface area contributed by atoms with Gasteiger partial charge >= 0.3 is 5.69 Å². The first-order valence-electron chi connectivity index (χ1n) is 4.68. The number of aryl methyl sites for hydroxylation is 2. The molecule has 2 aromatic rings. The van der Waals surface area contributed by atoms with Crippen LogP contribution in [0.5, 0.6) is 0 Å². The number of aromatic nitrogens is 3. The maximum atomic E-state index is 11.6. The molecule has 0 bridgehead atoms. The van der Waals surface area contributed by atoms with Crippen molar-refractivity contribution in [2.24, 2.45) is 0 Å². The van der Waals surface area contributed by atoms with Gasteiger partial charge in [-0.2, -0.15) is 9.97 Å². The number of nitrogens with zero attached hydrogens (tertiary/aromatic N) is 3. The van der Waals surface area contributed by atoms with Gasteiger partial charge in [-0.1, -0.05) is 0 Å². The Labute approximate surface area is 86.8 Å². The topological polar surface area (TPSA) is 59.3 Å². The highest BCUT2D eigenvalue weighted by molar-refractivity contribution is 5.52. The Kier molecular flexibility index (Phi) is 2.15. The lowest BCUT2D eigenvalue weighted by Crippen LogP contribution is -2.20. The maximum Gasteiger partial charge on any atom is 0.356 e. The summed E-state index contributed by atoms with van der Waals surface area (Å²) in [5.41, 5.74) is 2.44. The molecule has 2 heterocycles. The molecule has 0 aliphatic heterocycles. The minimum atomic E-state index is -0.313. The first-order valence-corrected chi connectivity index (χ1v) is 4.68. The van der Waals surface area contributed by atoms with Crippen molar-refractivity contribution in [2.45, 2.75) is 13.8 Å². The third-order valence-electron chi connectivity index (χ3n) is 2.47. The highest BCUT2D eigenvalue weighted by atomic mass is 16.1. The van der Waals surface area contributed by atoms with Crippen LogP contribution >= 0.6 is 0 Å². The molecule has 0 saturated carbocycles. The fourth-order valence-corrected chi connectivity index (χ4v) is 1.41. The molecule has 0 saturated heterocycles. The van der Waals surface area contributed by atoms with Crippen molar-refractivity contribution in [3.63, 3.8) is 0 Å². The smallest absolute Gasteiger partial charge is 0.356 e. The molecule has 0 atom stereocenters. The predicted molar refractivity (Wildman–Crippen MR) is 58.3 cm³/mol. The molecular formula is C10H12N4O. The zero-order valence-corrected chi connectivity index (χ0v) is 8.90. The molecule has 5 heteroatoms. The summed E-state index contributed by atoms with van der Waals surface area (Å²) < 4.78 is 1.45. The van der Waals surface area contributed by atoms with Crippen molar-refractivity contribution >= 4 is 11.6 Å². The standard InChI is InChI=1S/C10H12N4O/c1-6-4-5-14-8(7(6)2)12-9(11-3)13-10(14)15/h4-5H,1-3H3,(H,11,13,15). The van der Waals surface area contributed by atoms with E-state index in [2.05, 4.69) is 15.3 Å². The van der Waals surface area contributed by atoms with Gasteiger partial charge < -0.3 is 5.32 Å². The van der Waals surface area contributed by atoms with Gasteiger partial charge in [-0.25, -0.2) is 4.79 Å². The van der Waals surface area contributed by atoms with Gasteiger partial charge in [0.25, 0.3) is 0 Å². The molecule has 0 aliphatic rings. The zero-order chi connectivity index (χ0) is 11.0. The Morgan fingerprint density at radius 1 is 1.33 bits per heavy atom. The first-order chi connectivity index (χ1) is 7.13. The molecule has 0 aliphatic carbocycles. The second kappa shape index (κ2) is 3.34. The van der Waals surface area contributed by atoms with Crippen LogP contribution in [0.4, 0.5) is 5.95 Å². The second-order valence-electron chi connectivity index (χ2n) is 3.40. The molecule has 1 N–H and O–H groups in total. The van der Waals surface area contributed by atoms with E-state index in [0.717, 1.165) is 11.1 Å². The molecule has 0 fully saturated rings. The van der Waals surface area contributed by atoms with Crippen molar-refractivity contribution in [1.82, 2.24) is 14.4 Å². The van der Waals surface area contributed by atoms with Gasteiger partial charge in [0.15, 0.2) is 0 Å². The molecular weight excluding hydrogens is 192 g/mol. The lowest BCUT2D eigenvalue weighted by Gasteiger charge is -2.06. The van der Waals surface area contributed by atoms with Crippen molar-refractivity contribution in [3.8, 4) is 0 Å². The number of nitrogens with one attached hydrogen (secondary N) is 1. The number of pyridine rings is 1. The fraction of sp³-hybridized carbons (Fsp3) is 0.300. The molecule has 0 amide bonds. The van der Waals surface area contributed by atoms with Crippen molar-refractivity contribution in [2.75, 3.05) is 12.4 Å². The minimum Gasteiger partial charge on any atom is -0.357 e. The van der Waals surface area contributed by atoms with E-state index in [1.807, 2.05) is 19.9 Å². The summed E-state index contributed by atoms with van der Waals surface area (Å²) in [4.78, 5) is 19.6. The number of anilines is 1. The number of hydrogen-bond donors (Lipinski definition) is 1. The quantitative estimate of drug-likeness (QED) is 0.744. The van der Waals surface area contributed by atoms with Gasteiger partial charge in [-0.3, -0.25) is 4.40 Å². The van der Waals surface area contributed by atoms with E-state index in [9.17, 15) is 4.79 Å². The summed E-state index contributed by atoms with van der Waals surface area (Å²) in [5, 5.41) is 2.77. The van der Waals surface area contributed by atoms with Crippen molar-refractivity contribution in [1.29, 1.82) is 0 Å². The summed E-state index contributed by atoms with van der Waals surface area (Å²) in [6.45, 7) is 3.93. The van der Waals surface area contributed by atoms with Crippen LogP contribution < -0.4 is 11.0 Å². The summed E-state index contributed by atoms with van der Waals surface area (Å²) in [6, 6.07) is 1.88. The molecule has 5 nitrogen and oxygen atoms in total. The number of hydrogen-bond acceptors (Lipinski definition) is 4. The largest absolute Gasteiger partial charge is 0.357 e. The van der Waals surface area contributed by atoms with E-state index < -0.39 is 0 Å². The first kappa shape index (κ1) is 9.64. The van der Waals surface area contributed by atoms with Gasteiger partial charge in [0.1, 0.15) is 5.65 Å². The molecule has 0 unspecified atom stereocenters. The summed E-state index contributed by atoms with van der Waals surface area (Å²) >= 11 is 0. The lowest BCUT2D eigenvalue weighted by atomic mass is 10.2. The van der Waals surface area contributed by atoms with Crippen molar-refractivity contribution in [3.05, 3.63) is 33.9 Å².